The van der Waals surface area contributed by atoms with Crippen molar-refractivity contribution in [3.63, 3.8) is 0 Å². The van der Waals surface area contributed by atoms with Crippen molar-refractivity contribution in [2.24, 2.45) is 0 Å². The van der Waals surface area contributed by atoms with Crippen molar-refractivity contribution in [2.75, 3.05) is 20.1 Å². The van der Waals surface area contributed by atoms with Gasteiger partial charge >= 0.3 is 0 Å². The number of carbonyl (C=O) groups is 1. The molecule has 0 spiro atoms. The fourth-order valence-corrected chi connectivity index (χ4v) is 3.65. The predicted octanol–water partition coefficient (Wildman–Crippen LogP) is 0.903. The number of aromatic amines is 1. The van der Waals surface area contributed by atoms with E-state index in [9.17, 15) is 4.79 Å². The van der Waals surface area contributed by atoms with Gasteiger partial charge in [0, 0.05) is 31.7 Å². The molecule has 2 aromatic heterocycles. The van der Waals surface area contributed by atoms with Crippen LogP contribution in [-0.4, -0.2) is 50.9 Å². The van der Waals surface area contributed by atoms with E-state index >= 15 is 0 Å². The molecule has 24 heavy (non-hydrogen) atoms. The fourth-order valence-electron chi connectivity index (χ4n) is 3.65. The second kappa shape index (κ2) is 6.39. The third kappa shape index (κ3) is 2.96. The van der Waals surface area contributed by atoms with Gasteiger partial charge in [0.05, 0.1) is 17.9 Å². The molecule has 0 atom stereocenters. The number of likely N-dealkylation sites (N-methyl/N-ethyl adjacent to an activating group) is 1. The first-order valence-electron chi connectivity index (χ1n) is 8.79. The molecular formula is C17H24N6O. The van der Waals surface area contributed by atoms with Crippen molar-refractivity contribution in [3.8, 4) is 0 Å². The summed E-state index contributed by atoms with van der Waals surface area (Å²) in [6.45, 7) is 3.26. The van der Waals surface area contributed by atoms with Gasteiger partial charge < -0.3 is 5.32 Å². The van der Waals surface area contributed by atoms with Gasteiger partial charge in [-0.2, -0.15) is 10.2 Å². The summed E-state index contributed by atoms with van der Waals surface area (Å²) in [5, 5.41) is 15.0. The zero-order valence-electron chi connectivity index (χ0n) is 14.1. The Morgan fingerprint density at radius 1 is 1.33 bits per heavy atom. The number of hydrogen-bond acceptors (Lipinski definition) is 4. The highest BCUT2D eigenvalue weighted by molar-refractivity contribution is 5.92. The van der Waals surface area contributed by atoms with E-state index in [1.807, 2.05) is 10.7 Å². The Hall–Kier alpha value is -2.15. The van der Waals surface area contributed by atoms with Crippen LogP contribution >= 0.6 is 0 Å². The van der Waals surface area contributed by atoms with Gasteiger partial charge in [-0.25, -0.2) is 0 Å². The summed E-state index contributed by atoms with van der Waals surface area (Å²) in [5.74, 6) is -0.0936. The summed E-state index contributed by atoms with van der Waals surface area (Å²) < 4.78 is 1.94. The molecule has 0 radical (unpaired) electrons. The topological polar surface area (TPSA) is 78.8 Å². The maximum atomic E-state index is 12.3. The highest BCUT2D eigenvalue weighted by Crippen LogP contribution is 2.22. The number of rotatable bonds is 4. The highest BCUT2D eigenvalue weighted by Gasteiger charge is 2.20. The van der Waals surface area contributed by atoms with Crippen molar-refractivity contribution < 1.29 is 4.79 Å². The summed E-state index contributed by atoms with van der Waals surface area (Å²) in [7, 11) is 2.08. The molecule has 0 bridgehead atoms. The molecule has 1 aliphatic carbocycles. The first-order chi connectivity index (χ1) is 11.7. The number of nitrogens with one attached hydrogen (secondary N) is 2. The van der Waals surface area contributed by atoms with E-state index in [0.29, 0.717) is 12.2 Å². The number of nitrogens with zero attached hydrogens (tertiary/aromatic N) is 4. The van der Waals surface area contributed by atoms with Gasteiger partial charge in [-0.3, -0.25) is 19.5 Å². The standard InChI is InChI=1S/C17H24N6O/c1-22-8-9-23-12(11-22)10-16(21-23)17(24)18-7-6-15-13-4-2-3-5-14(13)19-20-15/h10H,2-9,11H2,1H3,(H,18,24)(H,19,20). The molecule has 4 rings (SSSR count). The summed E-state index contributed by atoms with van der Waals surface area (Å²) >= 11 is 0. The lowest BCUT2D eigenvalue weighted by Crippen LogP contribution is -2.30. The molecule has 7 heteroatoms. The lowest BCUT2D eigenvalue weighted by molar-refractivity contribution is 0.0948. The maximum absolute atomic E-state index is 12.3. The molecule has 0 saturated carbocycles. The van der Waals surface area contributed by atoms with Crippen LogP contribution in [0.1, 0.15) is 46.0 Å². The number of amides is 1. The number of aromatic nitrogens is 4. The van der Waals surface area contributed by atoms with E-state index in [4.69, 9.17) is 0 Å². The number of H-pyrrole nitrogens is 1. The Labute approximate surface area is 141 Å². The molecule has 3 heterocycles. The van der Waals surface area contributed by atoms with Crippen LogP contribution < -0.4 is 5.32 Å². The molecule has 2 aliphatic rings. The Bertz CT molecular complexity index is 746. The smallest absolute Gasteiger partial charge is 0.271 e. The van der Waals surface area contributed by atoms with Crippen molar-refractivity contribution in [1.82, 2.24) is 30.2 Å². The molecule has 2 N–H and O–H groups in total. The lowest BCUT2D eigenvalue weighted by Gasteiger charge is -2.22. The lowest BCUT2D eigenvalue weighted by atomic mass is 9.95. The van der Waals surface area contributed by atoms with E-state index in [1.54, 1.807) is 0 Å². The van der Waals surface area contributed by atoms with Crippen LogP contribution in [0.5, 0.6) is 0 Å². The van der Waals surface area contributed by atoms with Crippen LogP contribution in [0.3, 0.4) is 0 Å². The number of fused-ring (bicyclic) bond motifs is 2. The minimum absolute atomic E-state index is 0.0936. The third-order valence-corrected chi connectivity index (χ3v) is 5.01. The molecule has 128 valence electrons. The molecule has 7 nitrogen and oxygen atoms in total. The van der Waals surface area contributed by atoms with Crippen molar-refractivity contribution in [2.45, 2.75) is 45.2 Å². The first-order valence-corrected chi connectivity index (χ1v) is 8.79. The van der Waals surface area contributed by atoms with E-state index in [-0.39, 0.29) is 5.91 Å². The van der Waals surface area contributed by atoms with Crippen LogP contribution in [0, 0.1) is 0 Å². The Morgan fingerprint density at radius 2 is 2.21 bits per heavy atom. The molecule has 0 unspecified atom stereocenters. The minimum Gasteiger partial charge on any atom is -0.350 e. The monoisotopic (exact) mass is 328 g/mol. The predicted molar refractivity (Wildman–Crippen MR) is 89.8 cm³/mol. The second-order valence-corrected chi connectivity index (χ2v) is 6.82. The van der Waals surface area contributed by atoms with Gasteiger partial charge in [0.15, 0.2) is 0 Å². The summed E-state index contributed by atoms with van der Waals surface area (Å²) in [6, 6.07) is 1.90. The molecular weight excluding hydrogens is 304 g/mol. The average molecular weight is 328 g/mol. The van der Waals surface area contributed by atoms with Crippen LogP contribution in [0.2, 0.25) is 0 Å². The van der Waals surface area contributed by atoms with Gasteiger partial charge in [-0.05, 0) is 44.4 Å². The fraction of sp³-hybridized carbons (Fsp3) is 0.588. The quantitative estimate of drug-likeness (QED) is 0.874. The highest BCUT2D eigenvalue weighted by atomic mass is 16.1. The molecule has 0 saturated heterocycles. The van der Waals surface area contributed by atoms with E-state index in [2.05, 4.69) is 32.6 Å². The van der Waals surface area contributed by atoms with Gasteiger partial charge in [0.1, 0.15) is 5.69 Å². The van der Waals surface area contributed by atoms with Crippen LogP contribution in [0.15, 0.2) is 6.07 Å². The zero-order chi connectivity index (χ0) is 16.5. The average Bonchev–Trinajstić information content (AvgIpc) is 3.18. The maximum Gasteiger partial charge on any atom is 0.271 e. The number of aryl methyl sites for hydroxylation is 1. The van der Waals surface area contributed by atoms with Crippen LogP contribution in [0.25, 0.3) is 0 Å². The van der Waals surface area contributed by atoms with Crippen LogP contribution in [-0.2, 0) is 32.4 Å². The zero-order valence-corrected chi connectivity index (χ0v) is 14.1. The normalized spacial score (nSPS) is 17.4. The Balaban J connectivity index is 1.35. The molecule has 1 amide bonds. The Kier molecular flexibility index (Phi) is 4.10. The number of carbonyl (C=O) groups excluding carboxylic acids is 1. The number of hydrogen-bond donors (Lipinski definition) is 2. The minimum atomic E-state index is -0.0936. The molecule has 2 aromatic rings. The van der Waals surface area contributed by atoms with Crippen molar-refractivity contribution >= 4 is 5.91 Å². The van der Waals surface area contributed by atoms with Crippen LogP contribution in [0.4, 0.5) is 0 Å². The molecule has 1 aliphatic heterocycles. The largest absolute Gasteiger partial charge is 0.350 e. The third-order valence-electron chi connectivity index (χ3n) is 5.01. The van der Waals surface area contributed by atoms with Gasteiger partial charge in [0.2, 0.25) is 0 Å². The Morgan fingerprint density at radius 3 is 3.12 bits per heavy atom. The van der Waals surface area contributed by atoms with Gasteiger partial charge in [-0.1, -0.05) is 0 Å². The second-order valence-electron chi connectivity index (χ2n) is 6.82. The summed E-state index contributed by atoms with van der Waals surface area (Å²) in [6.07, 6.45) is 5.46. The van der Waals surface area contributed by atoms with Crippen molar-refractivity contribution in [3.05, 3.63) is 34.4 Å². The first kappa shape index (κ1) is 15.4. The van der Waals surface area contributed by atoms with Gasteiger partial charge in [0.25, 0.3) is 5.91 Å². The van der Waals surface area contributed by atoms with E-state index in [1.165, 1.54) is 24.1 Å². The molecule has 0 fully saturated rings. The van der Waals surface area contributed by atoms with Gasteiger partial charge in [-0.15, -0.1) is 0 Å². The summed E-state index contributed by atoms with van der Waals surface area (Å²) in [4.78, 5) is 14.6. The van der Waals surface area contributed by atoms with E-state index in [0.717, 1.165) is 50.3 Å². The SMILES string of the molecule is CN1CCn2nc(C(=O)NCCc3n[nH]c4c3CCCC4)cc2C1. The summed E-state index contributed by atoms with van der Waals surface area (Å²) in [5.41, 5.74) is 5.39. The van der Waals surface area contributed by atoms with Crippen molar-refractivity contribution in [1.29, 1.82) is 0 Å². The molecule has 0 aromatic carbocycles. The van der Waals surface area contributed by atoms with E-state index < -0.39 is 0 Å².